The number of hydrogen-bond acceptors (Lipinski definition) is 4. The summed E-state index contributed by atoms with van der Waals surface area (Å²) in [7, 11) is 1.63. The van der Waals surface area contributed by atoms with Gasteiger partial charge < -0.3 is 4.74 Å². The molecule has 2 aromatic heterocycles. The van der Waals surface area contributed by atoms with Crippen LogP contribution in [0.4, 0.5) is 0 Å². The van der Waals surface area contributed by atoms with Gasteiger partial charge in [0.25, 0.3) is 0 Å². The third-order valence-corrected chi connectivity index (χ3v) is 4.02. The van der Waals surface area contributed by atoms with Crippen molar-refractivity contribution in [2.45, 2.75) is 13.0 Å². The third kappa shape index (κ3) is 3.37. The molecule has 0 spiro atoms. The lowest BCUT2D eigenvalue weighted by Crippen LogP contribution is -2.05. The van der Waals surface area contributed by atoms with Crippen LogP contribution in [-0.4, -0.2) is 22.1 Å². The van der Waals surface area contributed by atoms with Gasteiger partial charge in [0.05, 0.1) is 15.9 Å². The van der Waals surface area contributed by atoms with Crippen LogP contribution >= 0.6 is 34.2 Å². The van der Waals surface area contributed by atoms with E-state index in [2.05, 4.69) is 37.5 Å². The zero-order chi connectivity index (χ0) is 13.0. The maximum absolute atomic E-state index is 6.09. The second-order valence-corrected chi connectivity index (χ2v) is 5.10. The molecule has 2 rings (SSSR count). The second-order valence-electron chi connectivity index (χ2n) is 3.66. The number of hydrogen-bond donors (Lipinski definition) is 0. The molecule has 0 saturated heterocycles. The molecule has 0 bridgehead atoms. The molecule has 0 fully saturated rings. The molecule has 0 aliphatic rings. The Labute approximate surface area is 124 Å². The maximum atomic E-state index is 6.09. The number of halogens is 2. The fourth-order valence-electron chi connectivity index (χ4n) is 1.51. The molecule has 0 saturated carbocycles. The van der Waals surface area contributed by atoms with E-state index in [1.807, 2.05) is 12.1 Å². The predicted molar refractivity (Wildman–Crippen MR) is 77.5 cm³/mol. The van der Waals surface area contributed by atoms with Crippen LogP contribution in [0.15, 0.2) is 24.5 Å². The molecular weight excluding hydrogens is 365 g/mol. The van der Waals surface area contributed by atoms with Crippen LogP contribution in [0.2, 0.25) is 5.15 Å². The Balaban J connectivity index is 2.28. The molecule has 2 aromatic rings. The smallest absolute Gasteiger partial charge is 0.146 e. The normalized spacial score (nSPS) is 10.6. The Hall–Kier alpha value is -0.790. The van der Waals surface area contributed by atoms with Gasteiger partial charge >= 0.3 is 0 Å². The van der Waals surface area contributed by atoms with E-state index in [1.54, 1.807) is 19.5 Å². The van der Waals surface area contributed by atoms with Crippen LogP contribution < -0.4 is 0 Å². The highest BCUT2D eigenvalue weighted by Gasteiger charge is 2.11. The SMILES string of the molecule is COCc1nc(Cc2cccnc2)nc(Cl)c1I. The molecule has 0 aromatic carbocycles. The largest absolute Gasteiger partial charge is 0.378 e. The first kappa shape index (κ1) is 13.6. The average molecular weight is 376 g/mol. The summed E-state index contributed by atoms with van der Waals surface area (Å²) < 4.78 is 5.94. The van der Waals surface area contributed by atoms with Crippen molar-refractivity contribution in [2.75, 3.05) is 7.11 Å². The second kappa shape index (κ2) is 6.40. The minimum absolute atomic E-state index is 0.431. The van der Waals surface area contributed by atoms with Crippen molar-refractivity contribution in [3.63, 3.8) is 0 Å². The summed E-state index contributed by atoms with van der Waals surface area (Å²) in [5.41, 5.74) is 1.87. The number of nitrogens with zero attached hydrogens (tertiary/aromatic N) is 3. The van der Waals surface area contributed by atoms with E-state index in [1.165, 1.54) is 0 Å². The zero-order valence-electron chi connectivity index (χ0n) is 9.73. The van der Waals surface area contributed by atoms with E-state index < -0.39 is 0 Å². The van der Waals surface area contributed by atoms with Gasteiger partial charge in [0.2, 0.25) is 0 Å². The van der Waals surface area contributed by atoms with E-state index in [-0.39, 0.29) is 0 Å². The number of methoxy groups -OCH3 is 1. The number of aromatic nitrogens is 3. The summed E-state index contributed by atoms with van der Waals surface area (Å²) >= 11 is 8.22. The van der Waals surface area contributed by atoms with Crippen molar-refractivity contribution < 1.29 is 4.74 Å². The van der Waals surface area contributed by atoms with Crippen molar-refractivity contribution in [3.8, 4) is 0 Å². The van der Waals surface area contributed by atoms with Crippen molar-refractivity contribution in [1.82, 2.24) is 15.0 Å². The molecule has 0 unspecified atom stereocenters. The van der Waals surface area contributed by atoms with Gasteiger partial charge in [-0.15, -0.1) is 0 Å². The molecule has 2 heterocycles. The predicted octanol–water partition coefficient (Wildman–Crippen LogP) is 2.87. The first-order valence-electron chi connectivity index (χ1n) is 5.29. The fraction of sp³-hybridized carbons (Fsp3) is 0.250. The van der Waals surface area contributed by atoms with E-state index in [0.717, 1.165) is 14.8 Å². The van der Waals surface area contributed by atoms with E-state index in [0.29, 0.717) is 24.0 Å². The van der Waals surface area contributed by atoms with Gasteiger partial charge in [0.15, 0.2) is 0 Å². The molecule has 0 aliphatic carbocycles. The molecular formula is C12H11ClIN3O. The molecule has 18 heavy (non-hydrogen) atoms. The summed E-state index contributed by atoms with van der Waals surface area (Å²) in [6.45, 7) is 0.431. The van der Waals surface area contributed by atoms with E-state index in [9.17, 15) is 0 Å². The van der Waals surface area contributed by atoms with Crippen molar-refractivity contribution in [3.05, 3.63) is 50.3 Å². The molecule has 0 atom stereocenters. The molecule has 94 valence electrons. The lowest BCUT2D eigenvalue weighted by Gasteiger charge is -2.07. The fourth-order valence-corrected chi connectivity index (χ4v) is 2.11. The molecule has 0 amide bonds. The quantitative estimate of drug-likeness (QED) is 0.609. The summed E-state index contributed by atoms with van der Waals surface area (Å²) in [6, 6.07) is 3.87. The van der Waals surface area contributed by atoms with Gasteiger partial charge in [-0.25, -0.2) is 9.97 Å². The topological polar surface area (TPSA) is 47.9 Å². The van der Waals surface area contributed by atoms with Gasteiger partial charge in [-0.05, 0) is 34.2 Å². The van der Waals surface area contributed by atoms with Gasteiger partial charge in [0.1, 0.15) is 11.0 Å². The lowest BCUT2D eigenvalue weighted by molar-refractivity contribution is 0.180. The first-order chi connectivity index (χ1) is 8.70. The highest BCUT2D eigenvalue weighted by molar-refractivity contribution is 14.1. The van der Waals surface area contributed by atoms with Crippen molar-refractivity contribution >= 4 is 34.2 Å². The van der Waals surface area contributed by atoms with Gasteiger partial charge in [-0.2, -0.15) is 0 Å². The number of ether oxygens (including phenoxy) is 1. The highest BCUT2D eigenvalue weighted by Crippen LogP contribution is 2.20. The van der Waals surface area contributed by atoms with Crippen molar-refractivity contribution in [1.29, 1.82) is 0 Å². The molecule has 4 nitrogen and oxygen atoms in total. The van der Waals surface area contributed by atoms with Gasteiger partial charge in [-0.3, -0.25) is 4.98 Å². The van der Waals surface area contributed by atoms with Crippen LogP contribution in [-0.2, 0) is 17.8 Å². The Morgan fingerprint density at radius 2 is 2.22 bits per heavy atom. The lowest BCUT2D eigenvalue weighted by atomic mass is 10.2. The van der Waals surface area contributed by atoms with E-state index in [4.69, 9.17) is 16.3 Å². The standard InChI is InChI=1S/C12H11ClIN3O/c1-18-7-9-11(14)12(13)17-10(16-9)5-8-3-2-4-15-6-8/h2-4,6H,5,7H2,1H3. The zero-order valence-corrected chi connectivity index (χ0v) is 12.6. The van der Waals surface area contributed by atoms with Gasteiger partial charge in [0, 0.05) is 25.9 Å². The van der Waals surface area contributed by atoms with Crippen LogP contribution in [0.25, 0.3) is 0 Å². The maximum Gasteiger partial charge on any atom is 0.146 e. The highest BCUT2D eigenvalue weighted by atomic mass is 127. The van der Waals surface area contributed by atoms with Crippen LogP contribution in [0.5, 0.6) is 0 Å². The Kier molecular flexibility index (Phi) is 4.85. The number of pyridine rings is 1. The monoisotopic (exact) mass is 375 g/mol. The number of rotatable bonds is 4. The Bertz CT molecular complexity index is 536. The molecule has 0 N–H and O–H groups in total. The molecule has 0 aliphatic heterocycles. The van der Waals surface area contributed by atoms with Crippen LogP contribution in [0, 0.1) is 3.57 Å². The van der Waals surface area contributed by atoms with Gasteiger partial charge in [-0.1, -0.05) is 17.7 Å². The molecule has 6 heteroatoms. The summed E-state index contributed by atoms with van der Waals surface area (Å²) in [4.78, 5) is 12.8. The minimum Gasteiger partial charge on any atom is -0.378 e. The minimum atomic E-state index is 0.431. The van der Waals surface area contributed by atoms with Crippen LogP contribution in [0.3, 0.4) is 0 Å². The summed E-state index contributed by atoms with van der Waals surface area (Å²) in [5, 5.41) is 0.469. The average Bonchev–Trinajstić information content (AvgIpc) is 2.37. The van der Waals surface area contributed by atoms with Crippen molar-refractivity contribution in [2.24, 2.45) is 0 Å². The molecule has 0 radical (unpaired) electrons. The summed E-state index contributed by atoms with van der Waals surface area (Å²) in [5.74, 6) is 0.681. The van der Waals surface area contributed by atoms with Crippen LogP contribution in [0.1, 0.15) is 17.1 Å². The Morgan fingerprint density at radius 3 is 2.89 bits per heavy atom. The third-order valence-electron chi connectivity index (χ3n) is 2.29. The summed E-state index contributed by atoms with van der Waals surface area (Å²) in [6.07, 6.45) is 4.15. The Morgan fingerprint density at radius 1 is 1.39 bits per heavy atom. The first-order valence-corrected chi connectivity index (χ1v) is 6.75. The van der Waals surface area contributed by atoms with E-state index >= 15 is 0 Å².